The number of hydrogen-bond acceptors (Lipinski definition) is 4. The molecule has 1 aliphatic rings. The first-order valence-electron chi connectivity index (χ1n) is 6.07. The van der Waals surface area contributed by atoms with Crippen LogP contribution >= 0.6 is 11.8 Å². The fourth-order valence-electron chi connectivity index (χ4n) is 2.22. The van der Waals surface area contributed by atoms with Gasteiger partial charge in [0.15, 0.2) is 0 Å². The number of nitrogens with zero attached hydrogens (tertiary/aromatic N) is 1. The largest absolute Gasteiger partial charge is 0.369 e. The molecule has 0 spiro atoms. The van der Waals surface area contributed by atoms with Gasteiger partial charge in [-0.1, -0.05) is 0 Å². The van der Waals surface area contributed by atoms with Crippen LogP contribution in [0.3, 0.4) is 0 Å². The van der Waals surface area contributed by atoms with Crippen LogP contribution in [0.5, 0.6) is 0 Å². The van der Waals surface area contributed by atoms with E-state index >= 15 is 0 Å². The second kappa shape index (κ2) is 6.07. The van der Waals surface area contributed by atoms with Crippen LogP contribution in [-0.4, -0.2) is 53.7 Å². The normalized spacial score (nSPS) is 25.7. The summed E-state index contributed by atoms with van der Waals surface area (Å²) in [6.07, 6.45) is 2.85. The molecule has 1 aliphatic heterocycles. The topological polar surface area (TPSA) is 55.6 Å². The molecule has 0 aromatic rings. The van der Waals surface area contributed by atoms with Gasteiger partial charge in [0, 0.05) is 13.1 Å². The van der Waals surface area contributed by atoms with Crippen LogP contribution in [0.2, 0.25) is 0 Å². The number of thioether (sulfide) groups is 1. The highest BCUT2D eigenvalue weighted by Gasteiger charge is 2.35. The van der Waals surface area contributed by atoms with Gasteiger partial charge in [-0.05, 0) is 39.2 Å². The molecule has 1 heterocycles. The van der Waals surface area contributed by atoms with Crippen molar-refractivity contribution < 1.29 is 9.53 Å². The van der Waals surface area contributed by atoms with E-state index < -0.39 is 0 Å². The third kappa shape index (κ3) is 4.48. The lowest BCUT2D eigenvalue weighted by Crippen LogP contribution is -2.57. The maximum atomic E-state index is 12.2. The van der Waals surface area contributed by atoms with Crippen LogP contribution < -0.4 is 5.73 Å². The third-order valence-corrected chi connectivity index (χ3v) is 3.48. The summed E-state index contributed by atoms with van der Waals surface area (Å²) in [4.78, 5) is 14.0. The number of ether oxygens (including phenoxy) is 1. The van der Waals surface area contributed by atoms with Gasteiger partial charge in [0.05, 0.1) is 17.7 Å². The minimum atomic E-state index is -0.372. The van der Waals surface area contributed by atoms with Gasteiger partial charge in [0.25, 0.3) is 0 Å². The molecule has 2 atom stereocenters. The van der Waals surface area contributed by atoms with Crippen molar-refractivity contribution in [3.8, 4) is 0 Å². The molecule has 1 saturated heterocycles. The van der Waals surface area contributed by atoms with E-state index in [1.54, 1.807) is 11.8 Å². The standard InChI is InChI=1S/C12H24N2O2S/c1-9-7-14(8-12(2,3)16-9)11(15)10(13)5-6-17-4/h9-10H,5-8,13H2,1-4H3/t9-,10+/m0/s1. The molecule has 1 fully saturated rings. The first-order valence-corrected chi connectivity index (χ1v) is 7.46. The van der Waals surface area contributed by atoms with Gasteiger partial charge in [-0.25, -0.2) is 0 Å². The average Bonchev–Trinajstić information content (AvgIpc) is 2.21. The molecule has 0 aliphatic carbocycles. The average molecular weight is 260 g/mol. The van der Waals surface area contributed by atoms with Crippen molar-refractivity contribution >= 4 is 17.7 Å². The lowest BCUT2D eigenvalue weighted by Gasteiger charge is -2.42. The zero-order chi connectivity index (χ0) is 13.1. The number of rotatable bonds is 4. The predicted octanol–water partition coefficient (Wildman–Crippen LogP) is 1.09. The lowest BCUT2D eigenvalue weighted by molar-refractivity contribution is -0.159. The Morgan fingerprint density at radius 3 is 2.82 bits per heavy atom. The van der Waals surface area contributed by atoms with Crippen molar-refractivity contribution in [2.75, 3.05) is 25.1 Å². The smallest absolute Gasteiger partial charge is 0.239 e. The van der Waals surface area contributed by atoms with E-state index in [-0.39, 0.29) is 23.7 Å². The summed E-state index contributed by atoms with van der Waals surface area (Å²) < 4.78 is 5.78. The van der Waals surface area contributed by atoms with E-state index in [2.05, 4.69) is 0 Å². The predicted molar refractivity (Wildman–Crippen MR) is 72.2 cm³/mol. The van der Waals surface area contributed by atoms with Crippen LogP contribution in [0, 0.1) is 0 Å². The van der Waals surface area contributed by atoms with E-state index in [0.717, 1.165) is 12.2 Å². The zero-order valence-corrected chi connectivity index (χ0v) is 12.0. The minimum absolute atomic E-state index is 0.0577. The van der Waals surface area contributed by atoms with Crippen molar-refractivity contribution in [3.05, 3.63) is 0 Å². The Labute approximate surface area is 108 Å². The van der Waals surface area contributed by atoms with Crippen LogP contribution in [0.1, 0.15) is 27.2 Å². The number of carbonyl (C=O) groups excluding carboxylic acids is 1. The van der Waals surface area contributed by atoms with Crippen LogP contribution in [0.25, 0.3) is 0 Å². The summed E-state index contributed by atoms with van der Waals surface area (Å²) in [6, 6.07) is -0.372. The third-order valence-electron chi connectivity index (χ3n) is 2.83. The van der Waals surface area contributed by atoms with Crippen molar-refractivity contribution in [1.29, 1.82) is 0 Å². The van der Waals surface area contributed by atoms with Crippen molar-refractivity contribution in [2.24, 2.45) is 5.73 Å². The van der Waals surface area contributed by atoms with E-state index in [4.69, 9.17) is 10.5 Å². The number of nitrogens with two attached hydrogens (primary N) is 1. The second-order valence-electron chi connectivity index (χ2n) is 5.29. The summed E-state index contributed by atoms with van der Waals surface area (Å²) >= 11 is 1.72. The molecule has 2 N–H and O–H groups in total. The summed E-state index contributed by atoms with van der Waals surface area (Å²) in [5.74, 6) is 0.984. The number of amides is 1. The van der Waals surface area contributed by atoms with Crippen molar-refractivity contribution in [2.45, 2.75) is 44.9 Å². The SMILES string of the molecule is CSCC[C@@H](N)C(=O)N1C[C@H](C)OC(C)(C)C1. The van der Waals surface area contributed by atoms with E-state index in [9.17, 15) is 4.79 Å². The summed E-state index contributed by atoms with van der Waals surface area (Å²) in [5.41, 5.74) is 5.65. The van der Waals surface area contributed by atoms with Crippen LogP contribution in [0.4, 0.5) is 0 Å². The van der Waals surface area contributed by atoms with E-state index in [1.807, 2.05) is 31.9 Å². The van der Waals surface area contributed by atoms with Crippen LogP contribution in [-0.2, 0) is 9.53 Å². The Hall–Kier alpha value is -0.260. The first kappa shape index (κ1) is 14.8. The molecule has 0 aromatic heterocycles. The Balaban J connectivity index is 2.56. The molecule has 100 valence electrons. The van der Waals surface area contributed by atoms with Gasteiger partial charge < -0.3 is 15.4 Å². The van der Waals surface area contributed by atoms with Gasteiger partial charge in [0.2, 0.25) is 5.91 Å². The maximum absolute atomic E-state index is 12.2. The van der Waals surface area contributed by atoms with Gasteiger partial charge in [-0.2, -0.15) is 11.8 Å². The minimum Gasteiger partial charge on any atom is -0.369 e. The highest BCUT2D eigenvalue weighted by molar-refractivity contribution is 7.98. The number of hydrogen-bond donors (Lipinski definition) is 1. The molecule has 4 nitrogen and oxygen atoms in total. The maximum Gasteiger partial charge on any atom is 0.239 e. The zero-order valence-electron chi connectivity index (χ0n) is 11.2. The quantitative estimate of drug-likeness (QED) is 0.822. The Bertz CT molecular complexity index is 271. The fourth-order valence-corrected chi connectivity index (χ4v) is 2.71. The molecule has 0 saturated carbocycles. The fraction of sp³-hybridized carbons (Fsp3) is 0.917. The summed E-state index contributed by atoms with van der Waals surface area (Å²) in [6.45, 7) is 7.29. The molecular weight excluding hydrogens is 236 g/mol. The monoisotopic (exact) mass is 260 g/mol. The molecule has 5 heteroatoms. The number of carbonyl (C=O) groups is 1. The van der Waals surface area contributed by atoms with Crippen molar-refractivity contribution in [3.63, 3.8) is 0 Å². The molecule has 1 rings (SSSR count). The van der Waals surface area contributed by atoms with E-state index in [1.165, 1.54) is 0 Å². The lowest BCUT2D eigenvalue weighted by atomic mass is 10.0. The first-order chi connectivity index (χ1) is 7.85. The Morgan fingerprint density at radius 1 is 1.65 bits per heavy atom. The van der Waals surface area contributed by atoms with Crippen LogP contribution in [0.15, 0.2) is 0 Å². The second-order valence-corrected chi connectivity index (χ2v) is 6.28. The molecule has 17 heavy (non-hydrogen) atoms. The summed E-state index contributed by atoms with van der Waals surface area (Å²) in [5, 5.41) is 0. The summed E-state index contributed by atoms with van der Waals surface area (Å²) in [7, 11) is 0. The van der Waals surface area contributed by atoms with Gasteiger partial charge in [-0.3, -0.25) is 4.79 Å². The molecule has 0 bridgehead atoms. The molecule has 0 radical (unpaired) electrons. The Morgan fingerprint density at radius 2 is 2.29 bits per heavy atom. The van der Waals surface area contributed by atoms with Gasteiger partial charge in [-0.15, -0.1) is 0 Å². The molecule has 0 unspecified atom stereocenters. The highest BCUT2D eigenvalue weighted by atomic mass is 32.2. The van der Waals surface area contributed by atoms with Gasteiger partial charge >= 0.3 is 0 Å². The highest BCUT2D eigenvalue weighted by Crippen LogP contribution is 2.21. The Kier molecular flexibility index (Phi) is 5.28. The molecule has 1 amide bonds. The van der Waals surface area contributed by atoms with Gasteiger partial charge in [0.1, 0.15) is 0 Å². The molecular formula is C12H24N2O2S. The van der Waals surface area contributed by atoms with E-state index in [0.29, 0.717) is 13.1 Å². The van der Waals surface area contributed by atoms with Crippen molar-refractivity contribution in [1.82, 2.24) is 4.90 Å². The number of morpholine rings is 1. The molecule has 0 aromatic carbocycles.